The van der Waals surface area contributed by atoms with Gasteiger partial charge in [-0.1, -0.05) is 79.9 Å². The van der Waals surface area contributed by atoms with Crippen LogP contribution in [-0.4, -0.2) is 29.2 Å². The molecule has 3 amide bonds. The van der Waals surface area contributed by atoms with Gasteiger partial charge in [0.05, 0.1) is 29.5 Å². The standard InChI is InChI=1S/C30H33N5O2/c31-19-26(29(32)36)22-15-17-24(18-16-22)35-27-14-8-7-13-25(27)28(23-11-5-2-6-12-23)33-34(30(35)37)20-21-9-3-1-4-10-21/h1,3-4,7-10,13-18,23,26H,2,5-6,11-12,19-20,31H2,(H2,32,36). The number of anilines is 2. The van der Waals surface area contributed by atoms with Crippen molar-refractivity contribution in [1.29, 1.82) is 0 Å². The summed E-state index contributed by atoms with van der Waals surface area (Å²) in [6.45, 7) is 0.499. The average molecular weight is 496 g/mol. The Balaban J connectivity index is 1.60. The normalized spacial score (nSPS) is 17.1. The van der Waals surface area contributed by atoms with Gasteiger partial charge in [-0.3, -0.25) is 9.69 Å². The van der Waals surface area contributed by atoms with Crippen LogP contribution in [0.15, 0.2) is 84.0 Å². The van der Waals surface area contributed by atoms with Gasteiger partial charge in [-0.05, 0) is 42.2 Å². The summed E-state index contributed by atoms with van der Waals surface area (Å²) >= 11 is 0. The third-order valence-corrected chi connectivity index (χ3v) is 7.36. The van der Waals surface area contributed by atoms with Gasteiger partial charge in [0, 0.05) is 18.0 Å². The highest BCUT2D eigenvalue weighted by atomic mass is 16.2. The molecule has 1 saturated carbocycles. The van der Waals surface area contributed by atoms with Gasteiger partial charge in [-0.15, -0.1) is 0 Å². The molecule has 0 bridgehead atoms. The molecule has 1 heterocycles. The molecule has 0 spiro atoms. The first-order valence-electron chi connectivity index (χ1n) is 13.0. The van der Waals surface area contributed by atoms with Crippen LogP contribution in [0.25, 0.3) is 0 Å². The molecular formula is C30H33N5O2. The molecule has 0 radical (unpaired) electrons. The summed E-state index contributed by atoms with van der Waals surface area (Å²) in [6, 6.07) is 25.1. The molecule has 4 N–H and O–H groups in total. The van der Waals surface area contributed by atoms with Crippen molar-refractivity contribution in [1.82, 2.24) is 5.01 Å². The first kappa shape index (κ1) is 24.7. The number of nitrogens with two attached hydrogens (primary N) is 2. The number of carbonyl (C=O) groups is 2. The van der Waals surface area contributed by atoms with Gasteiger partial charge in [0.25, 0.3) is 0 Å². The third kappa shape index (κ3) is 5.13. The van der Waals surface area contributed by atoms with E-state index < -0.39 is 11.8 Å². The van der Waals surface area contributed by atoms with Gasteiger partial charge < -0.3 is 11.5 Å². The number of benzene rings is 3. The lowest BCUT2D eigenvalue weighted by atomic mass is 9.83. The second-order valence-corrected chi connectivity index (χ2v) is 9.78. The molecular weight excluding hydrogens is 462 g/mol. The van der Waals surface area contributed by atoms with Gasteiger partial charge in [0.1, 0.15) is 0 Å². The minimum atomic E-state index is -0.572. The summed E-state index contributed by atoms with van der Waals surface area (Å²) in [4.78, 5) is 27.7. The maximum absolute atomic E-state index is 14.2. The zero-order chi connectivity index (χ0) is 25.8. The highest BCUT2D eigenvalue weighted by Gasteiger charge is 2.34. The largest absolute Gasteiger partial charge is 0.369 e. The lowest BCUT2D eigenvalue weighted by Gasteiger charge is -2.27. The quantitative estimate of drug-likeness (QED) is 0.466. The third-order valence-electron chi connectivity index (χ3n) is 7.36. The van der Waals surface area contributed by atoms with Crippen LogP contribution in [0, 0.1) is 5.92 Å². The van der Waals surface area contributed by atoms with Crippen LogP contribution < -0.4 is 16.4 Å². The number of hydrogen-bond acceptors (Lipinski definition) is 4. The lowest BCUT2D eigenvalue weighted by molar-refractivity contribution is -0.119. The number of rotatable bonds is 7. The zero-order valence-electron chi connectivity index (χ0n) is 20.9. The van der Waals surface area contributed by atoms with E-state index in [1.165, 1.54) is 19.3 Å². The predicted octanol–water partition coefficient (Wildman–Crippen LogP) is 5.27. The summed E-state index contributed by atoms with van der Waals surface area (Å²) in [5.41, 5.74) is 16.5. The lowest BCUT2D eigenvalue weighted by Crippen LogP contribution is -2.37. The van der Waals surface area contributed by atoms with Crippen LogP contribution >= 0.6 is 0 Å². The second-order valence-electron chi connectivity index (χ2n) is 9.78. The summed E-state index contributed by atoms with van der Waals surface area (Å²) in [6.07, 6.45) is 5.73. The number of urea groups is 1. The Morgan fingerprint density at radius 2 is 1.59 bits per heavy atom. The summed E-state index contributed by atoms with van der Waals surface area (Å²) in [5.74, 6) is -0.729. The first-order chi connectivity index (χ1) is 18.1. The molecule has 3 aromatic carbocycles. The van der Waals surface area contributed by atoms with Crippen molar-refractivity contribution in [3.63, 3.8) is 0 Å². The zero-order valence-corrected chi connectivity index (χ0v) is 20.9. The van der Waals surface area contributed by atoms with Crippen molar-refractivity contribution >= 4 is 29.0 Å². The Kier molecular flexibility index (Phi) is 7.32. The molecule has 1 fully saturated rings. The van der Waals surface area contributed by atoms with Crippen LogP contribution in [0.5, 0.6) is 0 Å². The van der Waals surface area contributed by atoms with Crippen molar-refractivity contribution < 1.29 is 9.59 Å². The number of hydrogen-bond donors (Lipinski definition) is 2. The van der Waals surface area contributed by atoms with E-state index >= 15 is 0 Å². The molecule has 5 rings (SSSR count). The van der Waals surface area contributed by atoms with E-state index in [0.717, 1.165) is 40.9 Å². The predicted molar refractivity (Wildman–Crippen MR) is 147 cm³/mol. The van der Waals surface area contributed by atoms with E-state index in [4.69, 9.17) is 16.6 Å². The molecule has 0 saturated heterocycles. The molecule has 1 atom stereocenters. The SMILES string of the molecule is NCC(C(N)=O)c1ccc(N2C(=O)N(Cc3ccccc3)N=C(C3CCCCC3)c3ccccc32)cc1. The fourth-order valence-electron chi connectivity index (χ4n) is 5.39. The fraction of sp³-hybridized carbons (Fsp3) is 0.300. The number of para-hydroxylation sites is 1. The highest BCUT2D eigenvalue weighted by Crippen LogP contribution is 2.38. The van der Waals surface area contributed by atoms with E-state index in [2.05, 4.69) is 6.07 Å². The number of fused-ring (bicyclic) bond motifs is 1. The molecule has 0 aromatic heterocycles. The van der Waals surface area contributed by atoms with E-state index in [9.17, 15) is 9.59 Å². The smallest absolute Gasteiger partial charge is 0.349 e. The average Bonchev–Trinajstić information content (AvgIpc) is 3.05. The van der Waals surface area contributed by atoms with Gasteiger partial charge in [-0.25, -0.2) is 9.80 Å². The first-order valence-corrected chi connectivity index (χ1v) is 13.0. The number of carbonyl (C=O) groups excluding carboxylic acids is 2. The Hall–Kier alpha value is -3.97. The Bertz CT molecular complexity index is 1280. The van der Waals surface area contributed by atoms with Gasteiger partial charge >= 0.3 is 6.03 Å². The summed E-state index contributed by atoms with van der Waals surface area (Å²) < 4.78 is 0. The topological polar surface area (TPSA) is 105 Å². The van der Waals surface area contributed by atoms with Crippen molar-refractivity contribution in [2.45, 2.75) is 44.6 Å². The summed E-state index contributed by atoms with van der Waals surface area (Å²) in [7, 11) is 0. The Morgan fingerprint density at radius 1 is 0.919 bits per heavy atom. The molecule has 7 nitrogen and oxygen atoms in total. The maximum Gasteiger partial charge on any atom is 0.349 e. The van der Waals surface area contributed by atoms with Crippen molar-refractivity contribution in [3.8, 4) is 0 Å². The highest BCUT2D eigenvalue weighted by molar-refractivity contribution is 6.13. The van der Waals surface area contributed by atoms with E-state index in [1.807, 2.05) is 72.8 Å². The number of amides is 3. The number of nitrogens with zero attached hydrogens (tertiary/aromatic N) is 3. The molecule has 2 aliphatic rings. The van der Waals surface area contributed by atoms with Crippen LogP contribution in [0.3, 0.4) is 0 Å². The minimum Gasteiger partial charge on any atom is -0.369 e. The van der Waals surface area contributed by atoms with Crippen molar-refractivity contribution in [3.05, 3.63) is 95.6 Å². The van der Waals surface area contributed by atoms with Crippen LogP contribution in [-0.2, 0) is 11.3 Å². The van der Waals surface area contributed by atoms with Crippen LogP contribution in [0.2, 0.25) is 0 Å². The molecule has 3 aromatic rings. The number of hydrazone groups is 1. The molecule has 37 heavy (non-hydrogen) atoms. The van der Waals surface area contributed by atoms with Crippen molar-refractivity contribution in [2.24, 2.45) is 22.5 Å². The monoisotopic (exact) mass is 495 g/mol. The maximum atomic E-state index is 14.2. The van der Waals surface area contributed by atoms with Crippen molar-refractivity contribution in [2.75, 3.05) is 11.4 Å². The minimum absolute atomic E-state index is 0.129. The molecule has 190 valence electrons. The fourth-order valence-corrected chi connectivity index (χ4v) is 5.39. The van der Waals surface area contributed by atoms with E-state index in [1.54, 1.807) is 9.91 Å². The van der Waals surface area contributed by atoms with Crippen LogP contribution in [0.4, 0.5) is 16.2 Å². The second kappa shape index (κ2) is 11.0. The Labute approximate surface area is 217 Å². The van der Waals surface area contributed by atoms with Gasteiger partial charge in [0.15, 0.2) is 0 Å². The van der Waals surface area contributed by atoms with Gasteiger partial charge in [0.2, 0.25) is 5.91 Å². The molecule has 1 unspecified atom stereocenters. The van der Waals surface area contributed by atoms with Gasteiger partial charge in [-0.2, -0.15) is 5.10 Å². The number of primary amides is 1. The molecule has 1 aliphatic carbocycles. The summed E-state index contributed by atoms with van der Waals surface area (Å²) in [5, 5.41) is 6.65. The van der Waals surface area contributed by atoms with E-state index in [-0.39, 0.29) is 12.6 Å². The van der Waals surface area contributed by atoms with Crippen LogP contribution in [0.1, 0.15) is 54.7 Å². The Morgan fingerprint density at radius 3 is 2.27 bits per heavy atom. The molecule has 7 heteroatoms. The molecule has 1 aliphatic heterocycles. The van der Waals surface area contributed by atoms with E-state index in [0.29, 0.717) is 18.2 Å².